The number of hydrogen-bond acceptors (Lipinski definition) is 4. The maximum atomic E-state index is 10.2. The Kier molecular flexibility index (Phi) is 5.67. The summed E-state index contributed by atoms with van der Waals surface area (Å²) in [5.41, 5.74) is 1.49. The molecule has 0 spiro atoms. The summed E-state index contributed by atoms with van der Waals surface area (Å²) in [5, 5.41) is 0. The average Bonchev–Trinajstić information content (AvgIpc) is 2.49. The zero-order valence-corrected chi connectivity index (χ0v) is 11.6. The van der Waals surface area contributed by atoms with Crippen molar-refractivity contribution < 1.29 is 9.59 Å². The molecule has 2 aliphatic rings. The molecular formula is C16H20N2O2. The van der Waals surface area contributed by atoms with E-state index >= 15 is 0 Å². The monoisotopic (exact) mass is 272 g/mol. The molecule has 3 atom stereocenters. The van der Waals surface area contributed by atoms with Crippen LogP contribution in [0.1, 0.15) is 44.9 Å². The highest BCUT2D eigenvalue weighted by Gasteiger charge is 2.17. The Balaban J connectivity index is 1.75. The molecule has 0 amide bonds. The minimum absolute atomic E-state index is 0.0413. The zero-order valence-electron chi connectivity index (χ0n) is 11.6. The van der Waals surface area contributed by atoms with Crippen molar-refractivity contribution in [1.82, 2.24) is 0 Å². The minimum atomic E-state index is 0.0413. The Hall–Kier alpha value is -1.76. The van der Waals surface area contributed by atoms with Crippen molar-refractivity contribution in [3.05, 3.63) is 23.8 Å². The van der Waals surface area contributed by atoms with Crippen LogP contribution in [0, 0.1) is 5.92 Å². The van der Waals surface area contributed by atoms with E-state index in [1.807, 2.05) is 6.08 Å². The first-order chi connectivity index (χ1) is 9.81. The van der Waals surface area contributed by atoms with Crippen LogP contribution in [-0.2, 0) is 9.59 Å². The van der Waals surface area contributed by atoms with Gasteiger partial charge in [-0.3, -0.25) is 0 Å². The Bertz CT molecular complexity index is 483. The third-order valence-electron chi connectivity index (χ3n) is 4.21. The van der Waals surface area contributed by atoms with Crippen molar-refractivity contribution in [2.75, 3.05) is 0 Å². The van der Waals surface area contributed by atoms with Gasteiger partial charge >= 0.3 is 0 Å². The van der Waals surface area contributed by atoms with Gasteiger partial charge in [-0.1, -0.05) is 23.8 Å². The van der Waals surface area contributed by atoms with Crippen LogP contribution >= 0.6 is 0 Å². The van der Waals surface area contributed by atoms with E-state index in [1.165, 1.54) is 5.57 Å². The van der Waals surface area contributed by atoms with Gasteiger partial charge in [-0.15, -0.1) is 0 Å². The van der Waals surface area contributed by atoms with Crippen molar-refractivity contribution in [3.63, 3.8) is 0 Å². The minimum Gasteiger partial charge on any atom is -0.211 e. The standard InChI is InChI=1S/C16H20N2O2/c19-11-17-15-7-3-13(4-8-15)1-2-14-5-9-16(10-6-14)18-12-20/h3,5,7,13,15-16H,1-2,4,6,8-10H2. The van der Waals surface area contributed by atoms with Crippen molar-refractivity contribution in [2.45, 2.75) is 57.0 Å². The van der Waals surface area contributed by atoms with Crippen LogP contribution in [0.4, 0.5) is 0 Å². The largest absolute Gasteiger partial charge is 0.235 e. The Morgan fingerprint density at radius 2 is 1.95 bits per heavy atom. The van der Waals surface area contributed by atoms with Gasteiger partial charge in [0.15, 0.2) is 0 Å². The van der Waals surface area contributed by atoms with Gasteiger partial charge in [-0.05, 0) is 50.9 Å². The van der Waals surface area contributed by atoms with Gasteiger partial charge in [-0.2, -0.15) is 4.99 Å². The van der Waals surface area contributed by atoms with Crippen LogP contribution < -0.4 is 0 Å². The van der Waals surface area contributed by atoms with Crippen molar-refractivity contribution >= 4 is 12.2 Å². The van der Waals surface area contributed by atoms with E-state index in [2.05, 4.69) is 22.1 Å². The number of isocyanates is 2. The SMILES string of the molecule is O=C=NC1C=CC(CCC2=CCC(N=C=O)CC2)CC1. The summed E-state index contributed by atoms with van der Waals surface area (Å²) in [6.45, 7) is 0. The lowest BCUT2D eigenvalue weighted by atomic mass is 9.86. The second kappa shape index (κ2) is 7.74. The number of rotatable bonds is 5. The summed E-state index contributed by atoms with van der Waals surface area (Å²) in [4.78, 5) is 27.9. The van der Waals surface area contributed by atoms with Crippen LogP contribution in [-0.4, -0.2) is 24.2 Å². The number of hydrogen-bond donors (Lipinski definition) is 0. The lowest BCUT2D eigenvalue weighted by Crippen LogP contribution is -2.12. The molecule has 0 radical (unpaired) electrons. The number of carbonyl (C=O) groups excluding carboxylic acids is 2. The Morgan fingerprint density at radius 3 is 2.55 bits per heavy atom. The number of nitrogens with zero attached hydrogens (tertiary/aromatic N) is 2. The molecule has 2 aliphatic carbocycles. The third kappa shape index (κ3) is 4.41. The highest BCUT2D eigenvalue weighted by molar-refractivity contribution is 5.34. The predicted octanol–water partition coefficient (Wildman–Crippen LogP) is 3.25. The summed E-state index contributed by atoms with van der Waals surface area (Å²) >= 11 is 0. The maximum Gasteiger partial charge on any atom is 0.235 e. The van der Waals surface area contributed by atoms with Gasteiger partial charge in [0.05, 0.1) is 12.1 Å². The summed E-state index contributed by atoms with van der Waals surface area (Å²) in [5.74, 6) is 0.597. The van der Waals surface area contributed by atoms with Crippen LogP contribution in [0.2, 0.25) is 0 Å². The van der Waals surface area contributed by atoms with Gasteiger partial charge in [0, 0.05) is 0 Å². The Labute approximate surface area is 119 Å². The molecule has 2 rings (SSSR count). The topological polar surface area (TPSA) is 58.9 Å². The van der Waals surface area contributed by atoms with Crippen molar-refractivity contribution in [3.8, 4) is 0 Å². The second-order valence-corrected chi connectivity index (χ2v) is 5.56. The maximum absolute atomic E-state index is 10.2. The van der Waals surface area contributed by atoms with Gasteiger partial charge in [0.25, 0.3) is 0 Å². The zero-order chi connectivity index (χ0) is 14.2. The molecule has 0 aromatic rings. The van der Waals surface area contributed by atoms with Crippen LogP contribution in [0.5, 0.6) is 0 Å². The highest BCUT2D eigenvalue weighted by atomic mass is 16.1. The number of aliphatic imine (C=N–C) groups is 2. The first-order valence-electron chi connectivity index (χ1n) is 7.32. The summed E-state index contributed by atoms with van der Waals surface area (Å²) in [7, 11) is 0. The highest BCUT2D eigenvalue weighted by Crippen LogP contribution is 2.29. The molecule has 0 heterocycles. The van der Waals surface area contributed by atoms with Gasteiger partial charge in [-0.25, -0.2) is 14.6 Å². The molecule has 0 aromatic heterocycles. The molecule has 4 heteroatoms. The summed E-state index contributed by atoms with van der Waals surface area (Å²) < 4.78 is 0. The van der Waals surface area contributed by atoms with Crippen LogP contribution in [0.25, 0.3) is 0 Å². The molecular weight excluding hydrogens is 252 g/mol. The van der Waals surface area contributed by atoms with E-state index in [1.54, 1.807) is 12.2 Å². The lowest BCUT2D eigenvalue weighted by molar-refractivity contribution is 0.469. The van der Waals surface area contributed by atoms with E-state index in [0.717, 1.165) is 44.9 Å². The van der Waals surface area contributed by atoms with E-state index in [-0.39, 0.29) is 12.1 Å². The van der Waals surface area contributed by atoms with Crippen molar-refractivity contribution in [1.29, 1.82) is 0 Å². The molecule has 0 N–H and O–H groups in total. The number of allylic oxidation sites excluding steroid dienone is 2. The molecule has 106 valence electrons. The van der Waals surface area contributed by atoms with Crippen LogP contribution in [0.3, 0.4) is 0 Å². The van der Waals surface area contributed by atoms with E-state index in [4.69, 9.17) is 0 Å². The summed E-state index contributed by atoms with van der Waals surface area (Å²) in [6.07, 6.45) is 17.0. The first kappa shape index (κ1) is 14.6. The fraction of sp³-hybridized carbons (Fsp3) is 0.625. The fourth-order valence-corrected chi connectivity index (χ4v) is 2.94. The molecule has 0 saturated carbocycles. The summed E-state index contributed by atoms with van der Waals surface area (Å²) in [6, 6.07) is 0.187. The lowest BCUT2D eigenvalue weighted by Gasteiger charge is -2.22. The average molecular weight is 272 g/mol. The quantitative estimate of drug-likeness (QED) is 0.438. The van der Waals surface area contributed by atoms with Crippen LogP contribution in [0.15, 0.2) is 33.8 Å². The Morgan fingerprint density at radius 1 is 1.10 bits per heavy atom. The normalized spacial score (nSPS) is 29.0. The second-order valence-electron chi connectivity index (χ2n) is 5.56. The molecule has 0 aromatic carbocycles. The molecule has 0 bridgehead atoms. The third-order valence-corrected chi connectivity index (χ3v) is 4.21. The van der Waals surface area contributed by atoms with E-state index < -0.39 is 0 Å². The van der Waals surface area contributed by atoms with Crippen molar-refractivity contribution in [2.24, 2.45) is 15.9 Å². The molecule has 0 fully saturated rings. The van der Waals surface area contributed by atoms with E-state index in [0.29, 0.717) is 5.92 Å². The van der Waals surface area contributed by atoms with Gasteiger partial charge < -0.3 is 0 Å². The molecule has 20 heavy (non-hydrogen) atoms. The van der Waals surface area contributed by atoms with Gasteiger partial charge in [0.2, 0.25) is 12.2 Å². The van der Waals surface area contributed by atoms with Gasteiger partial charge in [0.1, 0.15) is 0 Å². The predicted molar refractivity (Wildman–Crippen MR) is 76.9 cm³/mol. The first-order valence-corrected chi connectivity index (χ1v) is 7.32. The molecule has 0 saturated heterocycles. The molecule has 4 nitrogen and oxygen atoms in total. The fourth-order valence-electron chi connectivity index (χ4n) is 2.94. The molecule has 0 aliphatic heterocycles. The smallest absolute Gasteiger partial charge is 0.211 e. The molecule has 3 unspecified atom stereocenters. The van der Waals surface area contributed by atoms with E-state index in [9.17, 15) is 9.59 Å².